The zero-order valence-electron chi connectivity index (χ0n) is 15.5. The summed E-state index contributed by atoms with van der Waals surface area (Å²) in [5.41, 5.74) is 1.28. The van der Waals surface area contributed by atoms with Crippen LogP contribution in [0.15, 0.2) is 73.3 Å². The standard InChI is InChI=1S/C20H12O5.C3H4O2/c21-11-5-7-15-17(9-11)24-18-10-12(22)6-8-16(18)20(15)14-4-2-1-3-13(14)19(23)25-20;1-2-3(4)5/h1-10,21-22H;2H,1H2,(H,4,5). The number of benzene rings is 3. The summed E-state index contributed by atoms with van der Waals surface area (Å²) >= 11 is 0. The number of hydrogen-bond donors (Lipinski definition) is 3. The molecule has 3 N–H and O–H groups in total. The van der Waals surface area contributed by atoms with Crippen molar-refractivity contribution in [2.45, 2.75) is 5.60 Å². The van der Waals surface area contributed by atoms with Crippen molar-refractivity contribution in [2.75, 3.05) is 0 Å². The van der Waals surface area contributed by atoms with Gasteiger partial charge in [0.05, 0.1) is 5.56 Å². The van der Waals surface area contributed by atoms with E-state index >= 15 is 0 Å². The number of carbonyl (C=O) groups excluding carboxylic acids is 1. The molecule has 0 saturated carbocycles. The van der Waals surface area contributed by atoms with Crippen LogP contribution in [0.2, 0.25) is 0 Å². The van der Waals surface area contributed by atoms with Gasteiger partial charge in [0, 0.05) is 34.9 Å². The zero-order chi connectivity index (χ0) is 21.5. The number of ether oxygens (including phenoxy) is 2. The highest BCUT2D eigenvalue weighted by Crippen LogP contribution is 2.56. The Hall–Kier alpha value is -4.26. The van der Waals surface area contributed by atoms with Crippen molar-refractivity contribution >= 4 is 11.9 Å². The van der Waals surface area contributed by atoms with E-state index in [-0.39, 0.29) is 11.5 Å². The van der Waals surface area contributed by atoms with E-state index in [0.29, 0.717) is 33.8 Å². The second-order valence-electron chi connectivity index (χ2n) is 6.62. The first kappa shape index (κ1) is 19.1. The van der Waals surface area contributed by atoms with Gasteiger partial charge in [-0.3, -0.25) is 0 Å². The van der Waals surface area contributed by atoms with E-state index in [0.717, 1.165) is 6.08 Å². The van der Waals surface area contributed by atoms with Crippen molar-refractivity contribution in [3.05, 3.63) is 95.6 Å². The molecule has 0 amide bonds. The number of phenolic OH excluding ortho intramolecular Hbond substituents is 2. The topological polar surface area (TPSA) is 113 Å². The van der Waals surface area contributed by atoms with Gasteiger partial charge in [0.2, 0.25) is 0 Å². The quantitative estimate of drug-likeness (QED) is 0.416. The molecule has 0 atom stereocenters. The van der Waals surface area contributed by atoms with E-state index in [2.05, 4.69) is 6.58 Å². The maximum absolute atomic E-state index is 12.5. The number of esters is 1. The van der Waals surface area contributed by atoms with Crippen LogP contribution in [0.1, 0.15) is 27.0 Å². The van der Waals surface area contributed by atoms with Crippen LogP contribution in [0.4, 0.5) is 0 Å². The summed E-state index contributed by atoms with van der Waals surface area (Å²) in [5.74, 6) is -0.573. The molecular weight excluding hydrogens is 388 g/mol. The molecule has 0 fully saturated rings. The highest BCUT2D eigenvalue weighted by atomic mass is 16.6. The molecule has 150 valence electrons. The van der Waals surface area contributed by atoms with Crippen molar-refractivity contribution in [3.8, 4) is 23.0 Å². The largest absolute Gasteiger partial charge is 0.508 e. The molecule has 0 aliphatic carbocycles. The Morgan fingerprint density at radius 2 is 1.43 bits per heavy atom. The van der Waals surface area contributed by atoms with Crippen LogP contribution in [0.25, 0.3) is 0 Å². The molecule has 5 rings (SSSR count). The van der Waals surface area contributed by atoms with Crippen molar-refractivity contribution in [1.82, 2.24) is 0 Å². The number of carboxylic acid groups (broad SMARTS) is 1. The Kier molecular flexibility index (Phi) is 4.43. The van der Waals surface area contributed by atoms with Crippen LogP contribution in [-0.4, -0.2) is 27.3 Å². The number of aliphatic carboxylic acids is 1. The Labute approximate surface area is 171 Å². The monoisotopic (exact) mass is 404 g/mol. The van der Waals surface area contributed by atoms with Gasteiger partial charge < -0.3 is 24.8 Å². The van der Waals surface area contributed by atoms with E-state index in [4.69, 9.17) is 14.6 Å². The van der Waals surface area contributed by atoms with Crippen LogP contribution < -0.4 is 4.74 Å². The zero-order valence-corrected chi connectivity index (χ0v) is 15.5. The van der Waals surface area contributed by atoms with Crippen molar-refractivity contribution in [3.63, 3.8) is 0 Å². The summed E-state index contributed by atoms with van der Waals surface area (Å²) in [6.45, 7) is 2.96. The average Bonchev–Trinajstić information content (AvgIpc) is 3.01. The molecule has 3 aromatic rings. The molecule has 7 heteroatoms. The van der Waals surface area contributed by atoms with Gasteiger partial charge in [0.1, 0.15) is 23.0 Å². The summed E-state index contributed by atoms with van der Waals surface area (Å²) in [4.78, 5) is 21.8. The molecule has 2 aliphatic rings. The molecule has 2 aliphatic heterocycles. The second-order valence-corrected chi connectivity index (χ2v) is 6.62. The van der Waals surface area contributed by atoms with Crippen molar-refractivity contribution in [2.24, 2.45) is 0 Å². The van der Waals surface area contributed by atoms with Gasteiger partial charge in [-0.15, -0.1) is 0 Å². The average molecular weight is 404 g/mol. The maximum Gasteiger partial charge on any atom is 0.340 e. The number of fused-ring (bicyclic) bond motifs is 6. The van der Waals surface area contributed by atoms with Gasteiger partial charge in [-0.2, -0.15) is 0 Å². The summed E-state index contributed by atoms with van der Waals surface area (Å²) in [5, 5.41) is 27.3. The lowest BCUT2D eigenvalue weighted by atomic mass is 9.77. The molecule has 0 unspecified atom stereocenters. The van der Waals surface area contributed by atoms with Crippen LogP contribution in [-0.2, 0) is 15.1 Å². The number of carbonyl (C=O) groups is 2. The minimum absolute atomic E-state index is 0.0371. The third-order valence-electron chi connectivity index (χ3n) is 4.86. The van der Waals surface area contributed by atoms with E-state index < -0.39 is 17.5 Å². The number of carboxylic acids is 1. The smallest absolute Gasteiger partial charge is 0.340 e. The molecule has 30 heavy (non-hydrogen) atoms. The van der Waals surface area contributed by atoms with Crippen molar-refractivity contribution < 1.29 is 34.4 Å². The lowest BCUT2D eigenvalue weighted by molar-refractivity contribution is -0.131. The summed E-state index contributed by atoms with van der Waals surface area (Å²) < 4.78 is 11.8. The number of rotatable bonds is 1. The van der Waals surface area contributed by atoms with Gasteiger partial charge >= 0.3 is 11.9 Å². The predicted molar refractivity (Wildman–Crippen MR) is 106 cm³/mol. The van der Waals surface area contributed by atoms with Crippen LogP contribution in [0.5, 0.6) is 23.0 Å². The van der Waals surface area contributed by atoms with Crippen LogP contribution in [0.3, 0.4) is 0 Å². The van der Waals surface area contributed by atoms with E-state index in [1.54, 1.807) is 24.3 Å². The molecule has 2 heterocycles. The SMILES string of the molecule is C=CC(=O)O.O=C1OC2(c3ccc(O)cc3Oc3cc(O)ccc32)c2ccccc21. The summed E-state index contributed by atoms with van der Waals surface area (Å²) in [6, 6.07) is 16.6. The first-order valence-electron chi connectivity index (χ1n) is 8.90. The van der Waals surface area contributed by atoms with Gasteiger partial charge in [-0.05, 0) is 30.3 Å². The lowest BCUT2D eigenvalue weighted by Gasteiger charge is -2.36. The highest BCUT2D eigenvalue weighted by molar-refractivity contribution is 5.97. The number of aromatic hydroxyl groups is 2. The fourth-order valence-electron chi connectivity index (χ4n) is 3.65. The van der Waals surface area contributed by atoms with Crippen LogP contribution in [0, 0.1) is 0 Å². The normalized spacial score (nSPS) is 14.2. The molecular formula is C23H16O7. The summed E-state index contributed by atoms with van der Waals surface area (Å²) in [6.07, 6.45) is 0.833. The van der Waals surface area contributed by atoms with E-state index in [1.165, 1.54) is 24.3 Å². The predicted octanol–water partition coefficient (Wildman–Crippen LogP) is 3.92. The van der Waals surface area contributed by atoms with Crippen LogP contribution >= 0.6 is 0 Å². The molecule has 0 aromatic heterocycles. The molecule has 1 spiro atoms. The minimum atomic E-state index is -1.17. The molecule has 0 bridgehead atoms. The Balaban J connectivity index is 0.000000393. The third kappa shape index (κ3) is 2.84. The second kappa shape index (κ2) is 6.97. The first-order valence-corrected chi connectivity index (χ1v) is 8.90. The van der Waals surface area contributed by atoms with Crippen molar-refractivity contribution in [1.29, 1.82) is 0 Å². The highest BCUT2D eigenvalue weighted by Gasteiger charge is 2.53. The lowest BCUT2D eigenvalue weighted by Crippen LogP contribution is -2.32. The van der Waals surface area contributed by atoms with E-state index in [9.17, 15) is 19.8 Å². The Morgan fingerprint density at radius 3 is 1.97 bits per heavy atom. The first-order chi connectivity index (χ1) is 14.4. The summed E-state index contributed by atoms with van der Waals surface area (Å²) in [7, 11) is 0. The van der Waals surface area contributed by atoms with Gasteiger partial charge in [0.15, 0.2) is 5.60 Å². The Morgan fingerprint density at radius 1 is 0.900 bits per heavy atom. The number of phenols is 2. The fraction of sp³-hybridized carbons (Fsp3) is 0.0435. The third-order valence-corrected chi connectivity index (χ3v) is 4.86. The van der Waals surface area contributed by atoms with Gasteiger partial charge in [0.25, 0.3) is 0 Å². The molecule has 7 nitrogen and oxygen atoms in total. The molecule has 3 aromatic carbocycles. The number of hydrogen-bond acceptors (Lipinski definition) is 6. The van der Waals surface area contributed by atoms with Gasteiger partial charge in [-0.1, -0.05) is 24.8 Å². The van der Waals surface area contributed by atoms with Gasteiger partial charge in [-0.25, -0.2) is 9.59 Å². The Bertz CT molecular complexity index is 1140. The maximum atomic E-state index is 12.5. The molecule has 0 radical (unpaired) electrons. The van der Waals surface area contributed by atoms with E-state index in [1.807, 2.05) is 12.1 Å². The minimum Gasteiger partial charge on any atom is -0.508 e. The fourth-order valence-corrected chi connectivity index (χ4v) is 3.65. The molecule has 0 saturated heterocycles.